The second-order valence-corrected chi connectivity index (χ2v) is 5.34. The molecule has 1 aliphatic rings. The van der Waals surface area contributed by atoms with Crippen LogP contribution in [0.1, 0.15) is 62.0 Å². The summed E-state index contributed by atoms with van der Waals surface area (Å²) < 4.78 is 1.94. The van der Waals surface area contributed by atoms with Crippen LogP contribution in [0.2, 0.25) is 0 Å². The Kier molecular flexibility index (Phi) is 3.71. The lowest BCUT2D eigenvalue weighted by atomic mass is 9.89. The lowest BCUT2D eigenvalue weighted by Crippen LogP contribution is -2.20. The molecular formula is C13H22N4O. The van der Waals surface area contributed by atoms with E-state index in [4.69, 9.17) is 11.5 Å². The lowest BCUT2D eigenvalue weighted by Gasteiger charge is -2.21. The van der Waals surface area contributed by atoms with Crippen LogP contribution in [0.15, 0.2) is 0 Å². The molecule has 1 heterocycles. The molecule has 18 heavy (non-hydrogen) atoms. The van der Waals surface area contributed by atoms with Crippen LogP contribution in [0.25, 0.3) is 0 Å². The fourth-order valence-electron chi connectivity index (χ4n) is 2.66. The number of fused-ring (bicyclic) bond motifs is 1. The molecule has 5 heteroatoms. The zero-order valence-electron chi connectivity index (χ0n) is 11.1. The molecule has 2 rings (SSSR count). The molecule has 1 amide bonds. The highest BCUT2D eigenvalue weighted by Crippen LogP contribution is 2.34. The van der Waals surface area contributed by atoms with Gasteiger partial charge in [0, 0.05) is 30.3 Å². The van der Waals surface area contributed by atoms with Crippen molar-refractivity contribution in [2.75, 3.05) is 0 Å². The summed E-state index contributed by atoms with van der Waals surface area (Å²) >= 11 is 0. The van der Waals surface area contributed by atoms with E-state index in [-0.39, 0.29) is 11.9 Å². The maximum absolute atomic E-state index is 10.9. The highest BCUT2D eigenvalue weighted by Gasteiger charge is 2.27. The predicted octanol–water partition coefficient (Wildman–Crippen LogP) is 1.22. The van der Waals surface area contributed by atoms with Gasteiger partial charge in [0.15, 0.2) is 0 Å². The summed E-state index contributed by atoms with van der Waals surface area (Å²) in [5, 5.41) is 4.64. The summed E-state index contributed by atoms with van der Waals surface area (Å²) in [4.78, 5) is 10.9. The maximum Gasteiger partial charge on any atom is 0.219 e. The Morgan fingerprint density at radius 1 is 1.56 bits per heavy atom. The average Bonchev–Trinajstić information content (AvgIpc) is 2.67. The van der Waals surface area contributed by atoms with E-state index in [1.165, 1.54) is 11.3 Å². The quantitative estimate of drug-likeness (QED) is 0.842. The SMILES string of the molecule is CC(C)c1nn(CCC(N)=O)c2c1C(N)CCC2. The molecule has 4 N–H and O–H groups in total. The van der Waals surface area contributed by atoms with Gasteiger partial charge in [-0.25, -0.2) is 0 Å². The molecule has 1 unspecified atom stereocenters. The van der Waals surface area contributed by atoms with E-state index in [0.717, 1.165) is 25.0 Å². The Morgan fingerprint density at radius 2 is 2.28 bits per heavy atom. The summed E-state index contributed by atoms with van der Waals surface area (Å²) in [6.07, 6.45) is 3.45. The number of nitrogens with two attached hydrogens (primary N) is 2. The van der Waals surface area contributed by atoms with E-state index in [0.29, 0.717) is 18.9 Å². The number of primary amides is 1. The first-order chi connectivity index (χ1) is 8.50. The molecule has 100 valence electrons. The van der Waals surface area contributed by atoms with E-state index in [2.05, 4.69) is 18.9 Å². The van der Waals surface area contributed by atoms with Crippen molar-refractivity contribution in [2.24, 2.45) is 11.5 Å². The number of amides is 1. The van der Waals surface area contributed by atoms with Gasteiger partial charge in [0.1, 0.15) is 0 Å². The van der Waals surface area contributed by atoms with Crippen LogP contribution in [0.5, 0.6) is 0 Å². The fraction of sp³-hybridized carbons (Fsp3) is 0.692. The molecule has 0 bridgehead atoms. The number of hydrogen-bond acceptors (Lipinski definition) is 3. The van der Waals surface area contributed by atoms with E-state index >= 15 is 0 Å². The number of aryl methyl sites for hydroxylation is 1. The van der Waals surface area contributed by atoms with Crippen molar-refractivity contribution in [3.63, 3.8) is 0 Å². The van der Waals surface area contributed by atoms with Crippen LogP contribution in [0.3, 0.4) is 0 Å². The third-order valence-electron chi connectivity index (χ3n) is 3.54. The minimum Gasteiger partial charge on any atom is -0.370 e. The molecule has 0 spiro atoms. The second kappa shape index (κ2) is 5.10. The van der Waals surface area contributed by atoms with Gasteiger partial charge in [0.2, 0.25) is 5.91 Å². The highest BCUT2D eigenvalue weighted by atomic mass is 16.1. The van der Waals surface area contributed by atoms with E-state index in [1.807, 2.05) is 4.68 Å². The van der Waals surface area contributed by atoms with Crippen LogP contribution >= 0.6 is 0 Å². The zero-order chi connectivity index (χ0) is 13.3. The molecule has 1 atom stereocenters. The molecule has 1 aliphatic carbocycles. The van der Waals surface area contributed by atoms with Crippen molar-refractivity contribution in [2.45, 2.75) is 58.0 Å². The molecule has 0 aliphatic heterocycles. The second-order valence-electron chi connectivity index (χ2n) is 5.34. The summed E-state index contributed by atoms with van der Waals surface area (Å²) in [5.41, 5.74) is 14.9. The molecule has 1 aromatic heterocycles. The van der Waals surface area contributed by atoms with Gasteiger partial charge in [0.25, 0.3) is 0 Å². The van der Waals surface area contributed by atoms with Crippen molar-refractivity contribution >= 4 is 5.91 Å². The number of rotatable bonds is 4. The molecular weight excluding hydrogens is 228 g/mol. The minimum absolute atomic E-state index is 0.0912. The third kappa shape index (κ3) is 2.41. The van der Waals surface area contributed by atoms with Gasteiger partial charge in [-0.05, 0) is 25.2 Å². The van der Waals surface area contributed by atoms with Crippen molar-refractivity contribution in [3.8, 4) is 0 Å². The summed E-state index contributed by atoms with van der Waals surface area (Å²) in [6.45, 7) is 4.82. The third-order valence-corrected chi connectivity index (χ3v) is 3.54. The molecule has 0 saturated carbocycles. The summed E-state index contributed by atoms with van der Waals surface area (Å²) in [6, 6.07) is 0.0912. The standard InChI is InChI=1S/C13H22N4O/c1-8(2)13-12-9(14)4-3-5-10(12)17(16-13)7-6-11(15)18/h8-9H,3-7,14H2,1-2H3,(H2,15,18). The summed E-state index contributed by atoms with van der Waals surface area (Å²) in [7, 11) is 0. The van der Waals surface area contributed by atoms with Crippen molar-refractivity contribution in [1.29, 1.82) is 0 Å². The van der Waals surface area contributed by atoms with Gasteiger partial charge in [-0.15, -0.1) is 0 Å². The van der Waals surface area contributed by atoms with Crippen molar-refractivity contribution in [1.82, 2.24) is 9.78 Å². The first-order valence-electron chi connectivity index (χ1n) is 6.64. The van der Waals surface area contributed by atoms with Crippen LogP contribution in [0, 0.1) is 0 Å². The number of hydrogen-bond donors (Lipinski definition) is 2. The Hall–Kier alpha value is -1.36. The highest BCUT2D eigenvalue weighted by molar-refractivity contribution is 5.73. The number of nitrogens with zero attached hydrogens (tertiary/aromatic N) is 2. The molecule has 5 nitrogen and oxygen atoms in total. The number of carbonyl (C=O) groups is 1. The van der Waals surface area contributed by atoms with E-state index in [1.54, 1.807) is 0 Å². The topological polar surface area (TPSA) is 86.9 Å². The Bertz CT molecular complexity index is 450. The number of aromatic nitrogens is 2. The van der Waals surface area contributed by atoms with Gasteiger partial charge >= 0.3 is 0 Å². The Labute approximate surface area is 108 Å². The van der Waals surface area contributed by atoms with Crippen LogP contribution in [-0.4, -0.2) is 15.7 Å². The monoisotopic (exact) mass is 250 g/mol. The van der Waals surface area contributed by atoms with Crippen molar-refractivity contribution in [3.05, 3.63) is 17.0 Å². The first-order valence-corrected chi connectivity index (χ1v) is 6.64. The Balaban J connectivity index is 2.36. The van der Waals surface area contributed by atoms with Gasteiger partial charge in [-0.2, -0.15) is 5.10 Å². The van der Waals surface area contributed by atoms with E-state index in [9.17, 15) is 4.79 Å². The molecule has 0 aromatic carbocycles. The van der Waals surface area contributed by atoms with Gasteiger partial charge in [-0.3, -0.25) is 9.48 Å². The number of carbonyl (C=O) groups excluding carboxylic acids is 1. The normalized spacial score (nSPS) is 19.0. The molecule has 0 saturated heterocycles. The zero-order valence-corrected chi connectivity index (χ0v) is 11.1. The van der Waals surface area contributed by atoms with Gasteiger partial charge in [0.05, 0.1) is 5.69 Å². The van der Waals surface area contributed by atoms with Crippen LogP contribution in [0.4, 0.5) is 0 Å². The lowest BCUT2D eigenvalue weighted by molar-refractivity contribution is -0.118. The Morgan fingerprint density at radius 3 is 2.89 bits per heavy atom. The molecule has 0 fully saturated rings. The van der Waals surface area contributed by atoms with E-state index < -0.39 is 0 Å². The molecule has 1 aromatic rings. The maximum atomic E-state index is 10.9. The largest absolute Gasteiger partial charge is 0.370 e. The van der Waals surface area contributed by atoms with Crippen molar-refractivity contribution < 1.29 is 4.79 Å². The average molecular weight is 250 g/mol. The van der Waals surface area contributed by atoms with Crippen LogP contribution < -0.4 is 11.5 Å². The molecule has 0 radical (unpaired) electrons. The van der Waals surface area contributed by atoms with Gasteiger partial charge < -0.3 is 11.5 Å². The minimum atomic E-state index is -0.287. The van der Waals surface area contributed by atoms with Gasteiger partial charge in [-0.1, -0.05) is 13.8 Å². The van der Waals surface area contributed by atoms with Crippen LogP contribution in [-0.2, 0) is 17.8 Å². The predicted molar refractivity (Wildman–Crippen MR) is 70.0 cm³/mol. The summed E-state index contributed by atoms with van der Waals surface area (Å²) in [5.74, 6) is 0.0724. The fourth-order valence-corrected chi connectivity index (χ4v) is 2.66. The first kappa shape index (κ1) is 13.1. The smallest absolute Gasteiger partial charge is 0.219 e.